The van der Waals surface area contributed by atoms with Gasteiger partial charge in [-0.05, 0) is 6.42 Å². The zero-order valence-corrected chi connectivity index (χ0v) is 25.4. The fraction of sp³-hybridized carbons (Fsp3) is 0.938. The quantitative estimate of drug-likeness (QED) is 0.0627. The van der Waals surface area contributed by atoms with Gasteiger partial charge in [-0.25, -0.2) is 0 Å². The molecule has 1 atom stereocenters. The number of ether oxygens (including phenoxy) is 1. The maximum atomic E-state index is 12.1. The third-order valence-corrected chi connectivity index (χ3v) is 7.19. The van der Waals surface area contributed by atoms with Crippen LogP contribution in [0.15, 0.2) is 0 Å². The second-order valence-electron chi connectivity index (χ2n) is 12.4. The molecule has 0 aliphatic carbocycles. The van der Waals surface area contributed by atoms with E-state index in [1.165, 1.54) is 128 Å². The van der Waals surface area contributed by atoms with Gasteiger partial charge in [-0.15, -0.1) is 0 Å². The molecule has 0 heterocycles. The predicted octanol–water partition coefficient (Wildman–Crippen LogP) is 9.07. The Morgan fingerprint density at radius 3 is 1.22 bits per heavy atom. The van der Waals surface area contributed by atoms with Gasteiger partial charge >= 0.3 is 11.9 Å². The Labute approximate surface area is 230 Å². The van der Waals surface area contributed by atoms with Gasteiger partial charge in [0, 0.05) is 6.42 Å². The molecular formula is C32H64NO4+. The highest BCUT2D eigenvalue weighted by Crippen LogP contribution is 2.16. The molecule has 1 N–H and O–H groups in total. The highest BCUT2D eigenvalue weighted by Gasteiger charge is 2.24. The minimum atomic E-state index is -0.921. The zero-order valence-electron chi connectivity index (χ0n) is 25.4. The van der Waals surface area contributed by atoms with E-state index in [9.17, 15) is 9.59 Å². The van der Waals surface area contributed by atoms with Crippen molar-refractivity contribution in [3.8, 4) is 0 Å². The van der Waals surface area contributed by atoms with Crippen molar-refractivity contribution in [3.63, 3.8) is 0 Å². The summed E-state index contributed by atoms with van der Waals surface area (Å²) >= 11 is 0. The maximum Gasteiger partial charge on any atom is 0.307 e. The van der Waals surface area contributed by atoms with Gasteiger partial charge in [0.25, 0.3) is 0 Å². The smallest absolute Gasteiger partial charge is 0.307 e. The summed E-state index contributed by atoms with van der Waals surface area (Å²) in [5.74, 6) is -1.18. The lowest BCUT2D eigenvalue weighted by Gasteiger charge is -2.28. The van der Waals surface area contributed by atoms with Crippen LogP contribution in [0.3, 0.4) is 0 Å². The zero-order chi connectivity index (χ0) is 27.6. The molecule has 0 spiro atoms. The maximum absolute atomic E-state index is 12.1. The number of carbonyl (C=O) groups excluding carboxylic acids is 1. The van der Waals surface area contributed by atoms with Gasteiger partial charge in [-0.2, -0.15) is 0 Å². The molecule has 0 saturated carbocycles. The van der Waals surface area contributed by atoms with Crippen molar-refractivity contribution in [2.24, 2.45) is 0 Å². The molecule has 0 amide bonds. The molecule has 5 nitrogen and oxygen atoms in total. The number of carbonyl (C=O) groups is 2. The van der Waals surface area contributed by atoms with Crippen molar-refractivity contribution in [2.75, 3.05) is 27.7 Å². The Morgan fingerprint density at radius 2 is 0.919 bits per heavy atom. The van der Waals surface area contributed by atoms with Crippen LogP contribution in [-0.2, 0) is 14.3 Å². The Balaban J connectivity index is 3.39. The standard InChI is InChI=1S/C32H63NO4/c1-5-6-7-8-9-10-11-12-13-14-15-16-17-18-19-20-21-22-23-24-25-26-27-32(36)37-30(28-31(34)35)29-33(2,3)4/h30H,5-29H2,1-4H3/p+1. The SMILES string of the molecule is CCCCCCCCCCCCCCCCCCCCCCCCC(=O)OC(CC(=O)O)C[N+](C)(C)C. The number of rotatable bonds is 28. The molecule has 0 saturated heterocycles. The molecule has 37 heavy (non-hydrogen) atoms. The first-order chi connectivity index (χ1) is 17.7. The van der Waals surface area contributed by atoms with Crippen LogP contribution in [0.25, 0.3) is 0 Å². The van der Waals surface area contributed by atoms with Gasteiger partial charge in [-0.3, -0.25) is 9.59 Å². The molecule has 0 bridgehead atoms. The van der Waals surface area contributed by atoms with Crippen molar-refractivity contribution >= 4 is 11.9 Å². The van der Waals surface area contributed by atoms with E-state index in [0.29, 0.717) is 17.4 Å². The Kier molecular flexibility index (Phi) is 24.4. The number of unbranched alkanes of at least 4 members (excludes halogenated alkanes) is 21. The summed E-state index contributed by atoms with van der Waals surface area (Å²) in [6, 6.07) is 0. The van der Waals surface area contributed by atoms with Crippen molar-refractivity contribution in [3.05, 3.63) is 0 Å². The molecule has 0 aliphatic heterocycles. The summed E-state index contributed by atoms with van der Waals surface area (Å²) in [6.45, 7) is 2.80. The number of hydrogen-bond acceptors (Lipinski definition) is 3. The molecule has 0 fully saturated rings. The topological polar surface area (TPSA) is 63.6 Å². The molecule has 0 rings (SSSR count). The summed E-state index contributed by atoms with van der Waals surface area (Å²) in [4.78, 5) is 23.1. The largest absolute Gasteiger partial charge is 0.481 e. The lowest BCUT2D eigenvalue weighted by molar-refractivity contribution is -0.873. The molecule has 0 aromatic heterocycles. The summed E-state index contributed by atoms with van der Waals surface area (Å²) in [6.07, 6.45) is 29.4. The minimum absolute atomic E-state index is 0.124. The average Bonchev–Trinajstić information content (AvgIpc) is 2.80. The van der Waals surface area contributed by atoms with E-state index in [1.807, 2.05) is 21.1 Å². The van der Waals surface area contributed by atoms with Crippen LogP contribution >= 0.6 is 0 Å². The minimum Gasteiger partial charge on any atom is -0.481 e. The lowest BCUT2D eigenvalue weighted by atomic mass is 10.0. The fourth-order valence-corrected chi connectivity index (χ4v) is 5.07. The molecule has 5 heteroatoms. The van der Waals surface area contributed by atoms with Crippen molar-refractivity contribution < 1.29 is 23.9 Å². The number of carboxylic acids is 1. The van der Waals surface area contributed by atoms with Crippen molar-refractivity contribution in [2.45, 2.75) is 167 Å². The van der Waals surface area contributed by atoms with Crippen LogP contribution in [-0.4, -0.2) is 55.3 Å². The van der Waals surface area contributed by atoms with Crippen LogP contribution in [0.5, 0.6) is 0 Å². The Bertz CT molecular complexity index is 529. The Hall–Kier alpha value is -1.10. The van der Waals surface area contributed by atoms with E-state index in [-0.39, 0.29) is 12.4 Å². The van der Waals surface area contributed by atoms with Crippen molar-refractivity contribution in [1.82, 2.24) is 0 Å². The van der Waals surface area contributed by atoms with E-state index < -0.39 is 12.1 Å². The monoisotopic (exact) mass is 526 g/mol. The van der Waals surface area contributed by atoms with Gasteiger partial charge in [0.15, 0.2) is 6.10 Å². The first-order valence-electron chi connectivity index (χ1n) is 16.0. The predicted molar refractivity (Wildman–Crippen MR) is 157 cm³/mol. The van der Waals surface area contributed by atoms with Crippen LogP contribution in [0.4, 0.5) is 0 Å². The molecule has 0 aromatic carbocycles. The van der Waals surface area contributed by atoms with E-state index in [1.54, 1.807) is 0 Å². The molecule has 0 aromatic rings. The molecule has 0 radical (unpaired) electrons. The number of nitrogens with zero attached hydrogens (tertiary/aromatic N) is 1. The van der Waals surface area contributed by atoms with Crippen LogP contribution in [0.2, 0.25) is 0 Å². The third kappa shape index (κ3) is 29.3. The second kappa shape index (κ2) is 25.2. The number of aliphatic carboxylic acids is 1. The van der Waals surface area contributed by atoms with E-state index in [0.717, 1.165) is 12.8 Å². The number of hydrogen-bond donors (Lipinski definition) is 1. The molecule has 0 aliphatic rings. The fourth-order valence-electron chi connectivity index (χ4n) is 5.07. The first kappa shape index (κ1) is 35.9. The van der Waals surface area contributed by atoms with Crippen LogP contribution in [0.1, 0.15) is 161 Å². The lowest BCUT2D eigenvalue weighted by Crippen LogP contribution is -2.43. The summed E-state index contributed by atoms with van der Waals surface area (Å²) in [5, 5.41) is 9.06. The average molecular weight is 527 g/mol. The van der Waals surface area contributed by atoms with Gasteiger partial charge < -0.3 is 14.3 Å². The highest BCUT2D eigenvalue weighted by atomic mass is 16.5. The van der Waals surface area contributed by atoms with Gasteiger partial charge in [-0.1, -0.05) is 142 Å². The molecule has 1 unspecified atom stereocenters. The Morgan fingerprint density at radius 1 is 0.595 bits per heavy atom. The number of esters is 1. The summed E-state index contributed by atoms with van der Waals surface area (Å²) in [5.41, 5.74) is 0. The van der Waals surface area contributed by atoms with Gasteiger partial charge in [0.2, 0.25) is 0 Å². The van der Waals surface area contributed by atoms with Gasteiger partial charge in [0.1, 0.15) is 6.54 Å². The first-order valence-corrected chi connectivity index (χ1v) is 16.0. The van der Waals surface area contributed by atoms with Crippen LogP contribution < -0.4 is 0 Å². The molecule has 220 valence electrons. The normalized spacial score (nSPS) is 12.5. The number of likely N-dealkylation sites (N-methyl/N-ethyl adjacent to an activating group) is 1. The molecular weight excluding hydrogens is 462 g/mol. The second-order valence-corrected chi connectivity index (χ2v) is 12.4. The third-order valence-electron chi connectivity index (χ3n) is 7.19. The highest BCUT2D eigenvalue weighted by molar-refractivity contribution is 5.71. The van der Waals surface area contributed by atoms with Crippen LogP contribution in [0, 0.1) is 0 Å². The summed E-state index contributed by atoms with van der Waals surface area (Å²) < 4.78 is 6.02. The van der Waals surface area contributed by atoms with E-state index in [4.69, 9.17) is 9.84 Å². The summed E-state index contributed by atoms with van der Waals surface area (Å²) in [7, 11) is 5.92. The van der Waals surface area contributed by atoms with E-state index >= 15 is 0 Å². The number of carboxylic acid groups (broad SMARTS) is 1. The van der Waals surface area contributed by atoms with Gasteiger partial charge in [0.05, 0.1) is 27.6 Å². The number of quaternary nitrogens is 1. The van der Waals surface area contributed by atoms with Crippen molar-refractivity contribution in [1.29, 1.82) is 0 Å². The van der Waals surface area contributed by atoms with E-state index in [2.05, 4.69) is 6.92 Å².